The molecule has 0 aliphatic rings. The van der Waals surface area contributed by atoms with Crippen LogP contribution in [-0.2, 0) is 0 Å². The summed E-state index contributed by atoms with van der Waals surface area (Å²) in [6.07, 6.45) is 0.742. The van der Waals surface area contributed by atoms with E-state index < -0.39 is 0 Å². The van der Waals surface area contributed by atoms with Crippen LogP contribution in [0.1, 0.15) is 10.4 Å². The number of halogens is 2. The van der Waals surface area contributed by atoms with Crippen LogP contribution in [0.5, 0.6) is 0 Å². The number of thiophene rings is 1. The SMILES string of the molecule is O=Cc1csc2cc(Br)c(F)cc12. The second-order valence-electron chi connectivity index (χ2n) is 2.57. The number of hydrogen-bond acceptors (Lipinski definition) is 2. The van der Waals surface area contributed by atoms with Gasteiger partial charge in [0.2, 0.25) is 0 Å². The third kappa shape index (κ3) is 1.40. The molecule has 1 heterocycles. The summed E-state index contributed by atoms with van der Waals surface area (Å²) in [4.78, 5) is 10.6. The number of fused-ring (bicyclic) bond motifs is 1. The fraction of sp³-hybridized carbons (Fsp3) is 0. The van der Waals surface area contributed by atoms with Gasteiger partial charge in [0.1, 0.15) is 5.82 Å². The standard InChI is InChI=1S/C9H4BrFOS/c10-7-2-9-6(1-8(7)11)5(3-12)4-13-9/h1-4H. The fourth-order valence-electron chi connectivity index (χ4n) is 1.13. The topological polar surface area (TPSA) is 17.1 Å². The Morgan fingerprint density at radius 3 is 2.92 bits per heavy atom. The van der Waals surface area contributed by atoms with Crippen LogP contribution in [0, 0.1) is 5.82 Å². The highest BCUT2D eigenvalue weighted by Gasteiger charge is 2.07. The van der Waals surface area contributed by atoms with Gasteiger partial charge in [0.05, 0.1) is 4.47 Å². The average molecular weight is 259 g/mol. The molecule has 0 unspecified atom stereocenters. The fourth-order valence-corrected chi connectivity index (χ4v) is 2.55. The Morgan fingerprint density at radius 2 is 2.23 bits per heavy atom. The molecule has 0 saturated heterocycles. The Hall–Kier alpha value is -0.740. The quantitative estimate of drug-likeness (QED) is 0.715. The van der Waals surface area contributed by atoms with Crippen molar-refractivity contribution in [3.8, 4) is 0 Å². The number of carbonyl (C=O) groups is 1. The molecule has 2 aromatic rings. The molecule has 13 heavy (non-hydrogen) atoms. The van der Waals surface area contributed by atoms with Gasteiger partial charge in [-0.05, 0) is 28.1 Å². The molecule has 2 rings (SSSR count). The maximum Gasteiger partial charge on any atom is 0.151 e. The molecule has 4 heteroatoms. The molecule has 0 fully saturated rings. The largest absolute Gasteiger partial charge is 0.298 e. The molecule has 0 saturated carbocycles. The first-order valence-electron chi connectivity index (χ1n) is 3.54. The van der Waals surface area contributed by atoms with E-state index in [-0.39, 0.29) is 5.82 Å². The molecule has 0 aliphatic heterocycles. The van der Waals surface area contributed by atoms with Crippen LogP contribution >= 0.6 is 27.3 Å². The van der Waals surface area contributed by atoms with Gasteiger partial charge < -0.3 is 0 Å². The molecular formula is C9H4BrFOS. The average Bonchev–Trinajstić information content (AvgIpc) is 2.48. The zero-order valence-electron chi connectivity index (χ0n) is 6.38. The number of rotatable bonds is 1. The van der Waals surface area contributed by atoms with Gasteiger partial charge in [-0.2, -0.15) is 0 Å². The summed E-state index contributed by atoms with van der Waals surface area (Å²) in [7, 11) is 0. The first-order chi connectivity index (χ1) is 6.22. The normalized spacial score (nSPS) is 10.6. The van der Waals surface area contributed by atoms with Gasteiger partial charge in [0.15, 0.2) is 6.29 Å². The summed E-state index contributed by atoms with van der Waals surface area (Å²) in [5, 5.41) is 2.41. The lowest BCUT2D eigenvalue weighted by Crippen LogP contribution is -1.79. The Morgan fingerprint density at radius 1 is 1.46 bits per heavy atom. The first kappa shape index (κ1) is 8.84. The summed E-state index contributed by atoms with van der Waals surface area (Å²) >= 11 is 4.52. The van der Waals surface area contributed by atoms with Gasteiger partial charge in [-0.15, -0.1) is 11.3 Å². The van der Waals surface area contributed by atoms with E-state index >= 15 is 0 Å². The lowest BCUT2D eigenvalue weighted by Gasteiger charge is -1.94. The monoisotopic (exact) mass is 258 g/mol. The predicted molar refractivity (Wildman–Crippen MR) is 54.9 cm³/mol. The lowest BCUT2D eigenvalue weighted by atomic mass is 10.2. The molecular weight excluding hydrogens is 255 g/mol. The number of carbonyl (C=O) groups excluding carboxylic acids is 1. The van der Waals surface area contributed by atoms with Crippen molar-refractivity contribution in [2.75, 3.05) is 0 Å². The summed E-state index contributed by atoms with van der Waals surface area (Å²) in [6, 6.07) is 3.06. The van der Waals surface area contributed by atoms with Crippen LogP contribution in [0.3, 0.4) is 0 Å². The first-order valence-corrected chi connectivity index (χ1v) is 5.21. The maximum atomic E-state index is 13.1. The van der Waals surface area contributed by atoms with Crippen molar-refractivity contribution in [3.05, 3.63) is 33.4 Å². The van der Waals surface area contributed by atoms with Crippen LogP contribution in [0.2, 0.25) is 0 Å². The Labute approximate surface area is 86.3 Å². The molecule has 1 nitrogen and oxygen atoms in total. The van der Waals surface area contributed by atoms with E-state index in [0.717, 1.165) is 11.0 Å². The van der Waals surface area contributed by atoms with E-state index in [9.17, 15) is 9.18 Å². The summed E-state index contributed by atoms with van der Waals surface area (Å²) in [5.74, 6) is -0.339. The zero-order valence-corrected chi connectivity index (χ0v) is 8.78. The van der Waals surface area contributed by atoms with Crippen LogP contribution in [0.4, 0.5) is 4.39 Å². The maximum absolute atomic E-state index is 13.1. The van der Waals surface area contributed by atoms with Crippen LogP contribution < -0.4 is 0 Å². The molecule has 0 aliphatic carbocycles. The summed E-state index contributed by atoms with van der Waals surface area (Å²) in [6.45, 7) is 0. The van der Waals surface area contributed by atoms with Crippen molar-refractivity contribution in [3.63, 3.8) is 0 Å². The molecule has 1 aromatic carbocycles. The van der Waals surface area contributed by atoms with Crippen LogP contribution in [0.15, 0.2) is 22.0 Å². The van der Waals surface area contributed by atoms with Gasteiger partial charge in [-0.1, -0.05) is 0 Å². The summed E-state index contributed by atoms with van der Waals surface area (Å²) in [5.41, 5.74) is 0.548. The van der Waals surface area contributed by atoms with Gasteiger partial charge in [-0.3, -0.25) is 4.79 Å². The van der Waals surface area contributed by atoms with Crippen molar-refractivity contribution in [1.29, 1.82) is 0 Å². The second kappa shape index (κ2) is 3.20. The Kier molecular flexibility index (Phi) is 2.17. The molecule has 66 valence electrons. The minimum Gasteiger partial charge on any atom is -0.298 e. The number of hydrogen-bond donors (Lipinski definition) is 0. The van der Waals surface area contributed by atoms with E-state index in [0.29, 0.717) is 15.4 Å². The second-order valence-corrected chi connectivity index (χ2v) is 4.34. The minimum atomic E-state index is -0.339. The van der Waals surface area contributed by atoms with Gasteiger partial charge >= 0.3 is 0 Å². The highest BCUT2D eigenvalue weighted by atomic mass is 79.9. The van der Waals surface area contributed by atoms with Gasteiger partial charge in [0.25, 0.3) is 0 Å². The van der Waals surface area contributed by atoms with E-state index in [1.807, 2.05) is 0 Å². The van der Waals surface area contributed by atoms with Crippen molar-refractivity contribution in [2.24, 2.45) is 0 Å². The molecule has 0 radical (unpaired) electrons. The van der Waals surface area contributed by atoms with E-state index in [2.05, 4.69) is 15.9 Å². The highest BCUT2D eigenvalue weighted by molar-refractivity contribution is 9.10. The van der Waals surface area contributed by atoms with E-state index in [1.165, 1.54) is 17.4 Å². The smallest absolute Gasteiger partial charge is 0.151 e. The van der Waals surface area contributed by atoms with E-state index in [1.54, 1.807) is 11.4 Å². The molecule has 0 N–H and O–H groups in total. The molecule has 0 bridgehead atoms. The lowest BCUT2D eigenvalue weighted by molar-refractivity contribution is 0.112. The van der Waals surface area contributed by atoms with Crippen LogP contribution in [-0.4, -0.2) is 6.29 Å². The van der Waals surface area contributed by atoms with Crippen molar-refractivity contribution in [1.82, 2.24) is 0 Å². The molecule has 1 aromatic heterocycles. The predicted octanol–water partition coefficient (Wildman–Crippen LogP) is 3.62. The van der Waals surface area contributed by atoms with Crippen molar-refractivity contribution < 1.29 is 9.18 Å². The third-order valence-corrected chi connectivity index (χ3v) is 3.34. The van der Waals surface area contributed by atoms with Crippen molar-refractivity contribution >= 4 is 43.6 Å². The van der Waals surface area contributed by atoms with E-state index in [4.69, 9.17) is 0 Å². The van der Waals surface area contributed by atoms with Gasteiger partial charge in [0, 0.05) is 21.0 Å². The third-order valence-electron chi connectivity index (χ3n) is 1.77. The van der Waals surface area contributed by atoms with Crippen molar-refractivity contribution in [2.45, 2.75) is 0 Å². The Bertz CT molecular complexity index is 478. The molecule has 0 atom stereocenters. The van der Waals surface area contributed by atoms with Crippen LogP contribution in [0.25, 0.3) is 10.1 Å². The molecule has 0 spiro atoms. The summed E-state index contributed by atoms with van der Waals surface area (Å²) < 4.78 is 14.4. The Balaban J connectivity index is 2.84. The van der Waals surface area contributed by atoms with Gasteiger partial charge in [-0.25, -0.2) is 4.39 Å². The molecule has 0 amide bonds. The number of aldehydes is 1. The highest BCUT2D eigenvalue weighted by Crippen LogP contribution is 2.29. The minimum absolute atomic E-state index is 0.339. The number of benzene rings is 1. The zero-order chi connectivity index (χ0) is 9.42.